The molecule has 0 unspecified atom stereocenters. The fraction of sp³-hybridized carbons (Fsp3) is 0.222. The number of carbonyl (C=O) groups is 1. The second-order valence-electron chi connectivity index (χ2n) is 2.95. The van der Waals surface area contributed by atoms with Crippen LogP contribution < -0.4 is 4.72 Å². The number of carbonyl (C=O) groups excluding carboxylic acids is 1. The zero-order valence-corrected chi connectivity index (χ0v) is 9.38. The van der Waals surface area contributed by atoms with Gasteiger partial charge in [-0.3, -0.25) is 4.79 Å². The minimum Gasteiger partial charge on any atom is -0.274 e. The van der Waals surface area contributed by atoms with Gasteiger partial charge in [-0.05, 0) is 12.0 Å². The standard InChI is InChI=1S/C9H10ClNO3S/c10-15(13,14)11-9(12)7-6-8-4-2-1-3-5-8/h1-5H,6-7H2,(H,11,12). The lowest BCUT2D eigenvalue weighted by Crippen LogP contribution is -2.26. The smallest absolute Gasteiger partial charge is 0.274 e. The second kappa shape index (κ2) is 5.14. The molecule has 1 amide bonds. The van der Waals surface area contributed by atoms with Gasteiger partial charge in [-0.25, -0.2) is 4.72 Å². The van der Waals surface area contributed by atoms with E-state index in [0.717, 1.165) is 5.56 Å². The molecule has 4 nitrogen and oxygen atoms in total. The molecule has 0 saturated heterocycles. The quantitative estimate of drug-likeness (QED) is 0.814. The van der Waals surface area contributed by atoms with Gasteiger partial charge in [0.25, 0.3) is 0 Å². The Hall–Kier alpha value is -1.07. The van der Waals surface area contributed by atoms with Crippen molar-refractivity contribution >= 4 is 25.8 Å². The molecule has 1 N–H and O–H groups in total. The lowest BCUT2D eigenvalue weighted by molar-refractivity contribution is -0.119. The van der Waals surface area contributed by atoms with Gasteiger partial charge in [-0.15, -0.1) is 0 Å². The molecule has 82 valence electrons. The van der Waals surface area contributed by atoms with Crippen molar-refractivity contribution in [2.75, 3.05) is 0 Å². The summed E-state index contributed by atoms with van der Waals surface area (Å²) in [6.45, 7) is 0. The van der Waals surface area contributed by atoms with Crippen molar-refractivity contribution < 1.29 is 13.2 Å². The van der Waals surface area contributed by atoms with E-state index in [1.165, 1.54) is 0 Å². The van der Waals surface area contributed by atoms with Gasteiger partial charge in [-0.2, -0.15) is 8.42 Å². The van der Waals surface area contributed by atoms with Crippen LogP contribution in [0.5, 0.6) is 0 Å². The summed E-state index contributed by atoms with van der Waals surface area (Å²) in [4.78, 5) is 11.1. The van der Waals surface area contributed by atoms with E-state index in [1.54, 1.807) is 4.72 Å². The summed E-state index contributed by atoms with van der Waals surface area (Å²) in [5.41, 5.74) is 0.972. The third-order valence-electron chi connectivity index (χ3n) is 1.72. The summed E-state index contributed by atoms with van der Waals surface area (Å²) in [5, 5.41) is 0. The van der Waals surface area contributed by atoms with Gasteiger partial charge >= 0.3 is 9.24 Å². The average Bonchev–Trinajstić information content (AvgIpc) is 2.14. The van der Waals surface area contributed by atoms with Gasteiger partial charge in [-0.1, -0.05) is 30.3 Å². The van der Waals surface area contributed by atoms with E-state index >= 15 is 0 Å². The molecule has 15 heavy (non-hydrogen) atoms. The Morgan fingerprint density at radius 1 is 1.27 bits per heavy atom. The predicted molar refractivity (Wildman–Crippen MR) is 57.7 cm³/mol. The highest BCUT2D eigenvalue weighted by molar-refractivity contribution is 8.12. The summed E-state index contributed by atoms with van der Waals surface area (Å²) in [6.07, 6.45) is 0.578. The molecule has 6 heteroatoms. The van der Waals surface area contributed by atoms with Crippen LogP contribution in [0.25, 0.3) is 0 Å². The normalized spacial score (nSPS) is 11.0. The van der Waals surface area contributed by atoms with Crippen molar-refractivity contribution in [3.8, 4) is 0 Å². The van der Waals surface area contributed by atoms with E-state index < -0.39 is 15.1 Å². The largest absolute Gasteiger partial charge is 0.321 e. The maximum absolute atomic E-state index is 11.1. The summed E-state index contributed by atoms with van der Waals surface area (Å²) in [7, 11) is 0.895. The first-order chi connectivity index (χ1) is 6.97. The van der Waals surface area contributed by atoms with Gasteiger partial charge in [0.15, 0.2) is 0 Å². The molecular weight excluding hydrogens is 238 g/mol. The molecule has 1 aromatic carbocycles. The molecule has 0 aliphatic carbocycles. The van der Waals surface area contributed by atoms with Gasteiger partial charge < -0.3 is 0 Å². The van der Waals surface area contributed by atoms with Gasteiger partial charge in [0.05, 0.1) is 0 Å². The summed E-state index contributed by atoms with van der Waals surface area (Å²) < 4.78 is 22.7. The van der Waals surface area contributed by atoms with E-state index in [1.807, 2.05) is 30.3 Å². The Kier molecular flexibility index (Phi) is 4.11. The van der Waals surface area contributed by atoms with E-state index in [-0.39, 0.29) is 6.42 Å². The van der Waals surface area contributed by atoms with Crippen LogP contribution in [-0.2, 0) is 20.5 Å². The van der Waals surface area contributed by atoms with Crippen molar-refractivity contribution in [3.63, 3.8) is 0 Å². The zero-order chi connectivity index (χ0) is 11.3. The molecule has 0 bridgehead atoms. The van der Waals surface area contributed by atoms with Crippen LogP contribution in [0.4, 0.5) is 0 Å². The minimum absolute atomic E-state index is 0.0932. The van der Waals surface area contributed by atoms with Crippen LogP contribution in [0.2, 0.25) is 0 Å². The van der Waals surface area contributed by atoms with E-state index in [9.17, 15) is 13.2 Å². The van der Waals surface area contributed by atoms with Crippen LogP contribution in [0, 0.1) is 0 Å². The van der Waals surface area contributed by atoms with Crippen molar-refractivity contribution in [3.05, 3.63) is 35.9 Å². The molecule has 0 atom stereocenters. The first-order valence-electron chi connectivity index (χ1n) is 4.26. The Morgan fingerprint density at radius 2 is 1.87 bits per heavy atom. The predicted octanol–water partition coefficient (Wildman–Crippen LogP) is 1.22. The van der Waals surface area contributed by atoms with Crippen LogP contribution in [0.15, 0.2) is 30.3 Å². The average molecular weight is 248 g/mol. The molecule has 0 saturated carbocycles. The molecule has 0 aliphatic rings. The van der Waals surface area contributed by atoms with Crippen molar-refractivity contribution in [1.82, 2.24) is 4.72 Å². The Labute approximate surface area is 92.8 Å². The van der Waals surface area contributed by atoms with Crippen LogP contribution >= 0.6 is 10.7 Å². The molecular formula is C9H10ClNO3S. The number of benzene rings is 1. The van der Waals surface area contributed by atoms with Crippen LogP contribution in [0.3, 0.4) is 0 Å². The SMILES string of the molecule is O=C(CCc1ccccc1)NS(=O)(=O)Cl. The lowest BCUT2D eigenvalue weighted by atomic mass is 10.1. The third-order valence-corrected chi connectivity index (χ3v) is 2.42. The molecule has 0 heterocycles. The van der Waals surface area contributed by atoms with Crippen molar-refractivity contribution in [2.45, 2.75) is 12.8 Å². The monoisotopic (exact) mass is 247 g/mol. The number of hydrogen-bond donors (Lipinski definition) is 1. The molecule has 1 rings (SSSR count). The Bertz CT molecular complexity index is 430. The highest BCUT2D eigenvalue weighted by Gasteiger charge is 2.09. The minimum atomic E-state index is -3.96. The van der Waals surface area contributed by atoms with Crippen molar-refractivity contribution in [1.29, 1.82) is 0 Å². The Balaban J connectivity index is 2.42. The van der Waals surface area contributed by atoms with Crippen LogP contribution in [0.1, 0.15) is 12.0 Å². The molecule has 0 spiro atoms. The van der Waals surface area contributed by atoms with Crippen molar-refractivity contribution in [2.24, 2.45) is 0 Å². The topological polar surface area (TPSA) is 63.2 Å². The fourth-order valence-electron chi connectivity index (χ4n) is 1.09. The molecule has 1 aromatic rings. The number of halogens is 1. The van der Waals surface area contributed by atoms with E-state index in [4.69, 9.17) is 10.7 Å². The molecule has 0 aromatic heterocycles. The van der Waals surface area contributed by atoms with E-state index in [0.29, 0.717) is 6.42 Å². The summed E-state index contributed by atoms with van der Waals surface area (Å²) >= 11 is 0. The number of aryl methyl sites for hydroxylation is 1. The number of nitrogens with one attached hydrogen (secondary N) is 1. The maximum atomic E-state index is 11.1. The number of hydrogen-bond acceptors (Lipinski definition) is 3. The molecule has 0 radical (unpaired) electrons. The summed E-state index contributed by atoms with van der Waals surface area (Å²) in [6, 6.07) is 9.30. The van der Waals surface area contributed by atoms with Gasteiger partial charge in [0.1, 0.15) is 0 Å². The van der Waals surface area contributed by atoms with E-state index in [2.05, 4.69) is 0 Å². The highest BCUT2D eigenvalue weighted by atomic mass is 35.7. The van der Waals surface area contributed by atoms with Gasteiger partial charge in [0.2, 0.25) is 5.91 Å². The highest BCUT2D eigenvalue weighted by Crippen LogP contribution is 2.02. The second-order valence-corrected chi connectivity index (χ2v) is 5.25. The first-order valence-corrected chi connectivity index (χ1v) is 6.57. The first kappa shape index (κ1) is 12.0. The molecule has 0 aliphatic heterocycles. The van der Waals surface area contributed by atoms with Gasteiger partial charge in [0, 0.05) is 17.1 Å². The third kappa shape index (κ3) is 5.39. The van der Waals surface area contributed by atoms with Crippen LogP contribution in [-0.4, -0.2) is 14.3 Å². The Morgan fingerprint density at radius 3 is 2.40 bits per heavy atom. The molecule has 0 fully saturated rings. The lowest BCUT2D eigenvalue weighted by Gasteiger charge is -2.01. The number of amides is 1. The summed E-state index contributed by atoms with van der Waals surface area (Å²) in [5.74, 6) is -0.603. The fourth-order valence-corrected chi connectivity index (χ4v) is 1.72. The zero-order valence-electron chi connectivity index (χ0n) is 7.81. The maximum Gasteiger partial charge on any atom is 0.321 e. The number of rotatable bonds is 4.